The number of carbonyl (C=O) groups is 1. The normalized spacial score (nSPS) is 13.1. The van der Waals surface area contributed by atoms with Gasteiger partial charge in [0.1, 0.15) is 12.4 Å². The third kappa shape index (κ3) is 5.04. The van der Waals surface area contributed by atoms with Crippen molar-refractivity contribution < 1.29 is 19.4 Å². The maximum absolute atomic E-state index is 11.2. The van der Waals surface area contributed by atoms with Crippen LogP contribution in [0.1, 0.15) is 29.2 Å². The number of carboxylic acid groups (broad SMARTS) is 1. The van der Waals surface area contributed by atoms with Crippen molar-refractivity contribution in [2.24, 2.45) is 0 Å². The second-order valence-corrected chi connectivity index (χ2v) is 7.59. The Morgan fingerprint density at radius 2 is 1.81 bits per heavy atom. The number of hydrogen-bond donors (Lipinski definition) is 1. The predicted molar refractivity (Wildman–Crippen MR) is 122 cm³/mol. The molecule has 1 aliphatic rings. The van der Waals surface area contributed by atoms with Crippen molar-refractivity contribution in [3.63, 3.8) is 0 Å². The molecule has 0 aromatic heterocycles. The minimum Gasteiger partial charge on any atom is -0.490 e. The monoisotopic (exact) mass is 414 g/mol. The molecule has 1 unspecified atom stereocenters. The molecule has 4 nitrogen and oxygen atoms in total. The van der Waals surface area contributed by atoms with Gasteiger partial charge in [-0.05, 0) is 64.9 Å². The van der Waals surface area contributed by atoms with E-state index in [1.54, 1.807) is 6.92 Å². The van der Waals surface area contributed by atoms with Crippen LogP contribution < -0.4 is 4.74 Å². The SMILES string of the molecule is CCOC(Cc1ccc(OCC=Cc2ccc3c(c2)Cc2ccccc2-3)cc1)C(=O)O. The maximum Gasteiger partial charge on any atom is 0.333 e. The highest BCUT2D eigenvalue weighted by atomic mass is 16.5. The zero-order chi connectivity index (χ0) is 21.6. The number of benzene rings is 3. The van der Waals surface area contributed by atoms with Crippen LogP contribution in [0.2, 0.25) is 0 Å². The van der Waals surface area contributed by atoms with Gasteiger partial charge in [0.15, 0.2) is 6.10 Å². The average molecular weight is 415 g/mol. The standard InChI is InChI=1S/C27H26O4/c1-2-30-26(27(28)29)17-20-9-12-23(13-10-20)31-15-5-6-19-11-14-25-22(16-19)18-21-7-3-4-8-24(21)25/h3-14,16,26H,2,15,17-18H2,1H3,(H,28,29). The van der Waals surface area contributed by atoms with E-state index in [1.807, 2.05) is 30.3 Å². The molecule has 0 radical (unpaired) electrons. The number of ether oxygens (including phenoxy) is 2. The van der Waals surface area contributed by atoms with Crippen LogP contribution in [0.4, 0.5) is 0 Å². The third-order valence-electron chi connectivity index (χ3n) is 5.46. The molecule has 0 heterocycles. The number of hydrogen-bond acceptors (Lipinski definition) is 3. The van der Waals surface area contributed by atoms with Gasteiger partial charge in [0.05, 0.1) is 0 Å². The molecule has 1 N–H and O–H groups in total. The number of rotatable bonds is 9. The fourth-order valence-corrected chi connectivity index (χ4v) is 3.95. The van der Waals surface area contributed by atoms with Crippen molar-refractivity contribution in [1.29, 1.82) is 0 Å². The first-order valence-electron chi connectivity index (χ1n) is 10.6. The van der Waals surface area contributed by atoms with Gasteiger partial charge in [0.2, 0.25) is 0 Å². The third-order valence-corrected chi connectivity index (χ3v) is 5.46. The first kappa shape index (κ1) is 20.9. The second kappa shape index (κ2) is 9.63. The fraction of sp³-hybridized carbons (Fsp3) is 0.222. The highest BCUT2D eigenvalue weighted by Crippen LogP contribution is 2.36. The smallest absolute Gasteiger partial charge is 0.333 e. The summed E-state index contributed by atoms with van der Waals surface area (Å²) in [6.07, 6.45) is 4.60. The molecular weight excluding hydrogens is 388 g/mol. The van der Waals surface area contributed by atoms with Gasteiger partial charge in [-0.25, -0.2) is 4.79 Å². The van der Waals surface area contributed by atoms with Crippen LogP contribution in [0.3, 0.4) is 0 Å². The summed E-state index contributed by atoms with van der Waals surface area (Å²) in [6.45, 7) is 2.64. The van der Waals surface area contributed by atoms with Crippen LogP contribution in [0.5, 0.6) is 5.75 Å². The van der Waals surface area contributed by atoms with E-state index in [1.165, 1.54) is 27.8 Å². The van der Waals surface area contributed by atoms with E-state index in [9.17, 15) is 9.90 Å². The van der Waals surface area contributed by atoms with Gasteiger partial charge in [-0.15, -0.1) is 0 Å². The first-order valence-corrected chi connectivity index (χ1v) is 10.6. The Morgan fingerprint density at radius 1 is 1.03 bits per heavy atom. The van der Waals surface area contributed by atoms with E-state index in [0.29, 0.717) is 19.6 Å². The molecule has 3 aromatic carbocycles. The number of aliphatic carboxylic acids is 1. The van der Waals surface area contributed by atoms with Crippen LogP contribution >= 0.6 is 0 Å². The molecule has 0 aliphatic heterocycles. The van der Waals surface area contributed by atoms with Gasteiger partial charge in [0, 0.05) is 13.0 Å². The topological polar surface area (TPSA) is 55.8 Å². The Balaban J connectivity index is 1.31. The summed E-state index contributed by atoms with van der Waals surface area (Å²) in [6, 6.07) is 22.7. The van der Waals surface area contributed by atoms with E-state index in [2.05, 4.69) is 48.5 Å². The lowest BCUT2D eigenvalue weighted by molar-refractivity contribution is -0.149. The van der Waals surface area contributed by atoms with E-state index in [4.69, 9.17) is 9.47 Å². The summed E-state index contributed by atoms with van der Waals surface area (Å²) in [5.41, 5.74) is 7.51. The Kier molecular flexibility index (Phi) is 6.48. The highest BCUT2D eigenvalue weighted by molar-refractivity contribution is 5.78. The minimum atomic E-state index is -0.942. The Labute approximate surface area is 182 Å². The Hall–Kier alpha value is -3.37. The van der Waals surface area contributed by atoms with Crippen molar-refractivity contribution >= 4 is 12.0 Å². The Morgan fingerprint density at radius 3 is 2.58 bits per heavy atom. The molecule has 0 saturated heterocycles. The van der Waals surface area contributed by atoms with Crippen LogP contribution in [0.15, 0.2) is 72.8 Å². The highest BCUT2D eigenvalue weighted by Gasteiger charge is 2.18. The first-order chi connectivity index (χ1) is 15.1. The summed E-state index contributed by atoms with van der Waals surface area (Å²) < 4.78 is 11.1. The second-order valence-electron chi connectivity index (χ2n) is 7.59. The van der Waals surface area contributed by atoms with E-state index in [0.717, 1.165) is 17.7 Å². The average Bonchev–Trinajstić information content (AvgIpc) is 3.15. The molecule has 0 amide bonds. The van der Waals surface area contributed by atoms with Gasteiger partial charge in [-0.2, -0.15) is 0 Å². The molecule has 1 aliphatic carbocycles. The van der Waals surface area contributed by atoms with Gasteiger partial charge in [-0.1, -0.05) is 60.7 Å². The van der Waals surface area contributed by atoms with Gasteiger partial charge < -0.3 is 14.6 Å². The summed E-state index contributed by atoms with van der Waals surface area (Å²) in [5, 5.41) is 9.20. The minimum absolute atomic E-state index is 0.339. The molecule has 4 heteroatoms. The van der Waals surface area contributed by atoms with Crippen LogP contribution in [0.25, 0.3) is 17.2 Å². The molecule has 4 rings (SSSR count). The quantitative estimate of drug-likeness (QED) is 0.399. The van der Waals surface area contributed by atoms with Gasteiger partial charge >= 0.3 is 5.97 Å². The number of carboxylic acids is 1. The Bertz CT molecular complexity index is 1080. The van der Waals surface area contributed by atoms with E-state index in [-0.39, 0.29) is 0 Å². The van der Waals surface area contributed by atoms with Gasteiger partial charge in [-0.3, -0.25) is 0 Å². The van der Waals surface area contributed by atoms with Crippen LogP contribution in [0, 0.1) is 0 Å². The summed E-state index contributed by atoms with van der Waals surface area (Å²) >= 11 is 0. The zero-order valence-electron chi connectivity index (χ0n) is 17.6. The van der Waals surface area contributed by atoms with Crippen molar-refractivity contribution in [2.45, 2.75) is 25.9 Å². The predicted octanol–water partition coefficient (Wildman–Crippen LogP) is 5.38. The lowest BCUT2D eigenvalue weighted by atomic mass is 10.0. The molecule has 31 heavy (non-hydrogen) atoms. The largest absolute Gasteiger partial charge is 0.490 e. The van der Waals surface area contributed by atoms with Crippen LogP contribution in [-0.4, -0.2) is 30.4 Å². The van der Waals surface area contributed by atoms with Crippen molar-refractivity contribution in [1.82, 2.24) is 0 Å². The van der Waals surface area contributed by atoms with E-state index >= 15 is 0 Å². The lowest BCUT2D eigenvalue weighted by Gasteiger charge is -2.12. The molecule has 0 saturated carbocycles. The van der Waals surface area contributed by atoms with E-state index < -0.39 is 12.1 Å². The molecular formula is C27H26O4. The van der Waals surface area contributed by atoms with Gasteiger partial charge in [0.25, 0.3) is 0 Å². The van der Waals surface area contributed by atoms with Crippen molar-refractivity contribution in [3.05, 3.63) is 95.1 Å². The molecule has 0 bridgehead atoms. The van der Waals surface area contributed by atoms with Crippen LogP contribution in [-0.2, 0) is 22.4 Å². The molecule has 3 aromatic rings. The summed E-state index contributed by atoms with van der Waals surface area (Å²) in [4.78, 5) is 11.2. The fourth-order valence-electron chi connectivity index (χ4n) is 3.95. The summed E-state index contributed by atoms with van der Waals surface area (Å²) in [7, 11) is 0. The lowest BCUT2D eigenvalue weighted by Crippen LogP contribution is -2.26. The molecule has 158 valence electrons. The molecule has 1 atom stereocenters. The molecule has 0 spiro atoms. The molecule has 0 fully saturated rings. The van der Waals surface area contributed by atoms with Crippen molar-refractivity contribution in [3.8, 4) is 16.9 Å². The maximum atomic E-state index is 11.2. The summed E-state index contributed by atoms with van der Waals surface area (Å²) in [5.74, 6) is -0.191. The number of fused-ring (bicyclic) bond motifs is 3. The zero-order valence-corrected chi connectivity index (χ0v) is 17.6. The van der Waals surface area contributed by atoms with Crippen molar-refractivity contribution in [2.75, 3.05) is 13.2 Å².